The van der Waals surface area contributed by atoms with Gasteiger partial charge in [0, 0.05) is 36.2 Å². The zero-order valence-corrected chi connectivity index (χ0v) is 29.1. The number of hydrogen-bond donors (Lipinski definition) is 0. The molecular formula is C42H54O3. The van der Waals surface area contributed by atoms with Crippen LogP contribution in [-0.2, 0) is 27.8 Å². The molecule has 3 nitrogen and oxygen atoms in total. The molecule has 0 bridgehead atoms. The van der Waals surface area contributed by atoms with Crippen LogP contribution in [0.15, 0.2) is 66.7 Å². The molecule has 1 saturated carbocycles. The molecule has 240 valence electrons. The number of Topliss-reactive ketones (excluding diaryl/α,β-unsaturated/α-hetero) is 3. The van der Waals surface area contributed by atoms with Crippen LogP contribution in [0.2, 0.25) is 0 Å². The van der Waals surface area contributed by atoms with Crippen molar-refractivity contribution in [3.8, 4) is 0 Å². The summed E-state index contributed by atoms with van der Waals surface area (Å²) in [7, 11) is 0. The van der Waals surface area contributed by atoms with Gasteiger partial charge >= 0.3 is 0 Å². The topological polar surface area (TPSA) is 51.2 Å². The van der Waals surface area contributed by atoms with E-state index < -0.39 is 0 Å². The summed E-state index contributed by atoms with van der Waals surface area (Å²) in [5.41, 5.74) is 7.51. The Morgan fingerprint density at radius 3 is 2.18 bits per heavy atom. The van der Waals surface area contributed by atoms with Gasteiger partial charge in [0.25, 0.3) is 0 Å². The van der Waals surface area contributed by atoms with E-state index in [1.165, 1.54) is 16.7 Å². The lowest BCUT2D eigenvalue weighted by atomic mass is 9.70. The number of ketones is 3. The summed E-state index contributed by atoms with van der Waals surface area (Å²) in [6.07, 6.45) is 3.69. The third-order valence-corrected chi connectivity index (χ3v) is 10.7. The molecule has 4 rings (SSSR count). The zero-order chi connectivity index (χ0) is 33.1. The summed E-state index contributed by atoms with van der Waals surface area (Å²) in [6, 6.07) is 22.5. The molecule has 0 amide bonds. The Labute approximate surface area is 272 Å². The van der Waals surface area contributed by atoms with Crippen LogP contribution >= 0.6 is 0 Å². The molecule has 1 aliphatic rings. The molecule has 4 atom stereocenters. The molecule has 0 heterocycles. The van der Waals surface area contributed by atoms with Crippen molar-refractivity contribution in [2.45, 2.75) is 106 Å². The summed E-state index contributed by atoms with van der Waals surface area (Å²) in [4.78, 5) is 42.3. The lowest BCUT2D eigenvalue weighted by molar-refractivity contribution is -0.136. The first-order valence-electron chi connectivity index (χ1n) is 16.9. The average Bonchev–Trinajstić information content (AvgIpc) is 3.31. The third kappa shape index (κ3) is 7.91. The quantitative estimate of drug-likeness (QED) is 0.193. The highest BCUT2D eigenvalue weighted by atomic mass is 16.1. The Hall–Kier alpha value is -3.33. The third-order valence-electron chi connectivity index (χ3n) is 10.7. The van der Waals surface area contributed by atoms with Crippen molar-refractivity contribution in [3.05, 3.63) is 106 Å². The van der Waals surface area contributed by atoms with Crippen LogP contribution in [0, 0.1) is 49.9 Å². The monoisotopic (exact) mass is 606 g/mol. The maximum atomic E-state index is 14.5. The molecule has 0 saturated heterocycles. The smallest absolute Gasteiger partial charge is 0.163 e. The van der Waals surface area contributed by atoms with Gasteiger partial charge in [-0.3, -0.25) is 14.4 Å². The van der Waals surface area contributed by atoms with Gasteiger partial charge in [0.15, 0.2) is 5.78 Å². The van der Waals surface area contributed by atoms with E-state index in [-0.39, 0.29) is 51.9 Å². The lowest BCUT2D eigenvalue weighted by Crippen LogP contribution is -2.38. The van der Waals surface area contributed by atoms with Crippen molar-refractivity contribution in [2.24, 2.45) is 29.1 Å². The van der Waals surface area contributed by atoms with Crippen molar-refractivity contribution < 1.29 is 14.4 Å². The molecule has 0 aliphatic heterocycles. The number of rotatable bonds is 12. The summed E-state index contributed by atoms with van der Waals surface area (Å²) in [5, 5.41) is 0. The first kappa shape index (κ1) is 34.5. The second kappa shape index (κ2) is 14.0. The molecule has 0 spiro atoms. The van der Waals surface area contributed by atoms with Crippen LogP contribution in [0.5, 0.6) is 0 Å². The van der Waals surface area contributed by atoms with Crippen molar-refractivity contribution in [1.29, 1.82) is 0 Å². The number of aryl methyl sites for hydroxylation is 2. The highest BCUT2D eigenvalue weighted by Gasteiger charge is 2.50. The van der Waals surface area contributed by atoms with E-state index >= 15 is 0 Å². The van der Waals surface area contributed by atoms with E-state index in [9.17, 15) is 14.4 Å². The van der Waals surface area contributed by atoms with Crippen LogP contribution in [0.25, 0.3) is 0 Å². The van der Waals surface area contributed by atoms with Gasteiger partial charge in [-0.25, -0.2) is 0 Å². The molecule has 3 heteroatoms. The fourth-order valence-electron chi connectivity index (χ4n) is 7.82. The van der Waals surface area contributed by atoms with Crippen LogP contribution in [-0.4, -0.2) is 17.3 Å². The Kier molecular flexibility index (Phi) is 10.7. The lowest BCUT2D eigenvalue weighted by Gasteiger charge is -2.32. The number of benzene rings is 3. The van der Waals surface area contributed by atoms with E-state index in [4.69, 9.17) is 0 Å². The van der Waals surface area contributed by atoms with Crippen LogP contribution in [0.3, 0.4) is 0 Å². The first-order chi connectivity index (χ1) is 21.1. The summed E-state index contributed by atoms with van der Waals surface area (Å²) < 4.78 is 0. The Balaban J connectivity index is 1.58. The Morgan fingerprint density at radius 2 is 1.51 bits per heavy atom. The van der Waals surface area contributed by atoms with E-state index in [1.54, 1.807) is 0 Å². The summed E-state index contributed by atoms with van der Waals surface area (Å²) >= 11 is 0. The van der Waals surface area contributed by atoms with E-state index in [2.05, 4.69) is 71.9 Å². The highest BCUT2D eigenvalue weighted by molar-refractivity contribution is 5.98. The minimum Gasteiger partial charge on any atom is -0.299 e. The Bertz CT molecular complexity index is 1520. The molecule has 1 fully saturated rings. The second-order valence-electron chi connectivity index (χ2n) is 15.4. The van der Waals surface area contributed by atoms with E-state index in [1.807, 2.05) is 57.2 Å². The largest absolute Gasteiger partial charge is 0.299 e. The van der Waals surface area contributed by atoms with Gasteiger partial charge in [-0.05, 0) is 96.6 Å². The molecule has 0 N–H and O–H groups in total. The van der Waals surface area contributed by atoms with Crippen molar-refractivity contribution >= 4 is 17.3 Å². The van der Waals surface area contributed by atoms with Gasteiger partial charge in [0.2, 0.25) is 0 Å². The molecule has 3 aromatic rings. The normalized spacial score (nSPS) is 19.2. The van der Waals surface area contributed by atoms with Crippen molar-refractivity contribution in [2.75, 3.05) is 0 Å². The van der Waals surface area contributed by atoms with Crippen LogP contribution < -0.4 is 0 Å². The molecular weight excluding hydrogens is 552 g/mol. The minimum atomic E-state index is -0.336. The van der Waals surface area contributed by atoms with Gasteiger partial charge < -0.3 is 0 Å². The van der Waals surface area contributed by atoms with Gasteiger partial charge in [-0.1, -0.05) is 108 Å². The average molecular weight is 607 g/mol. The van der Waals surface area contributed by atoms with Gasteiger partial charge in [0.1, 0.15) is 11.6 Å². The highest BCUT2D eigenvalue weighted by Crippen LogP contribution is 2.49. The summed E-state index contributed by atoms with van der Waals surface area (Å²) in [6.45, 7) is 19.2. The number of carbonyl (C=O) groups excluding carboxylic acids is 3. The maximum absolute atomic E-state index is 14.5. The molecule has 0 radical (unpaired) electrons. The van der Waals surface area contributed by atoms with E-state index in [0.717, 1.165) is 35.1 Å². The molecule has 1 aliphatic carbocycles. The number of hydrogen-bond acceptors (Lipinski definition) is 3. The zero-order valence-electron chi connectivity index (χ0n) is 29.1. The summed E-state index contributed by atoms with van der Waals surface area (Å²) in [5.74, 6) is -0.649. The SMILES string of the molecule is Cc1cccc(C(=O)CC(Cc2ccccc2)C(C)C(=O)C2CCC(C)(C)C2C(=O)CCc2c(C)cccc2C(C)(C)C)c1C. The molecule has 0 aromatic heterocycles. The fourth-order valence-corrected chi connectivity index (χ4v) is 7.82. The predicted octanol–water partition coefficient (Wildman–Crippen LogP) is 9.80. The van der Waals surface area contributed by atoms with Crippen molar-refractivity contribution in [1.82, 2.24) is 0 Å². The van der Waals surface area contributed by atoms with Gasteiger partial charge in [-0.15, -0.1) is 0 Å². The maximum Gasteiger partial charge on any atom is 0.163 e. The van der Waals surface area contributed by atoms with Crippen LogP contribution in [0.1, 0.15) is 111 Å². The fraction of sp³-hybridized carbons (Fsp3) is 0.500. The number of carbonyl (C=O) groups is 3. The standard InChI is InChI=1S/C42H54O3/c1-27-15-13-19-34(29(27)3)38(44)26-32(25-31-17-11-10-12-18-31)30(4)40(45)35-23-24-42(8,9)39(35)37(43)22-21-33-28(2)16-14-20-36(33)41(5,6)7/h10-20,30,32,35,39H,21-26H2,1-9H3. The second-order valence-corrected chi connectivity index (χ2v) is 15.4. The Morgan fingerprint density at radius 1 is 0.867 bits per heavy atom. The predicted molar refractivity (Wildman–Crippen MR) is 186 cm³/mol. The van der Waals surface area contributed by atoms with Crippen molar-refractivity contribution in [3.63, 3.8) is 0 Å². The molecule has 3 aromatic carbocycles. The van der Waals surface area contributed by atoms with E-state index in [0.29, 0.717) is 25.7 Å². The minimum absolute atomic E-state index is 0.00680. The van der Waals surface area contributed by atoms with Gasteiger partial charge in [-0.2, -0.15) is 0 Å². The molecule has 4 unspecified atom stereocenters. The molecule has 45 heavy (non-hydrogen) atoms. The van der Waals surface area contributed by atoms with Crippen LogP contribution in [0.4, 0.5) is 0 Å². The first-order valence-corrected chi connectivity index (χ1v) is 16.9. The van der Waals surface area contributed by atoms with Gasteiger partial charge in [0.05, 0.1) is 0 Å².